The minimum atomic E-state index is -0.103. The molecule has 0 spiro atoms. The first-order chi connectivity index (χ1) is 14.2. The zero-order chi connectivity index (χ0) is 20.1. The molecule has 0 bridgehead atoms. The van der Waals surface area contributed by atoms with Gasteiger partial charge < -0.3 is 15.1 Å². The van der Waals surface area contributed by atoms with Gasteiger partial charge in [-0.2, -0.15) is 0 Å². The molecule has 3 heterocycles. The Morgan fingerprint density at radius 2 is 1.72 bits per heavy atom. The van der Waals surface area contributed by atoms with Gasteiger partial charge in [-0.1, -0.05) is 29.8 Å². The number of anilines is 3. The highest BCUT2D eigenvalue weighted by molar-refractivity contribution is 5.91. The van der Waals surface area contributed by atoms with Gasteiger partial charge in [-0.3, -0.25) is 4.79 Å². The van der Waals surface area contributed by atoms with Crippen LogP contribution in [0, 0.1) is 6.92 Å². The van der Waals surface area contributed by atoms with Gasteiger partial charge in [-0.05, 0) is 30.7 Å². The van der Waals surface area contributed by atoms with Crippen LogP contribution in [0.5, 0.6) is 0 Å². The molecule has 1 N–H and O–H groups in total. The molecule has 8 heteroatoms. The van der Waals surface area contributed by atoms with Crippen molar-refractivity contribution in [1.29, 1.82) is 0 Å². The van der Waals surface area contributed by atoms with Crippen molar-refractivity contribution in [2.24, 2.45) is 0 Å². The fourth-order valence-corrected chi connectivity index (χ4v) is 3.35. The maximum absolute atomic E-state index is 12.2. The van der Waals surface area contributed by atoms with Gasteiger partial charge in [0.25, 0.3) is 0 Å². The molecule has 0 atom stereocenters. The first-order valence-electron chi connectivity index (χ1n) is 9.63. The predicted octanol–water partition coefficient (Wildman–Crippen LogP) is 2.08. The standard InChI is InChI=1S/C21H23N7O/c1-16-4-2-5-17(14-16)15-20(29)24-18-6-7-19(26-25-18)27-10-12-28(13-11-27)21-22-8-3-9-23-21/h2-9,14H,10-13,15H2,1H3,(H,24,25,29). The summed E-state index contributed by atoms with van der Waals surface area (Å²) in [6.45, 7) is 5.28. The van der Waals surface area contributed by atoms with Gasteiger partial charge in [0.2, 0.25) is 11.9 Å². The number of nitrogens with one attached hydrogen (secondary N) is 1. The summed E-state index contributed by atoms with van der Waals surface area (Å²) in [5, 5.41) is 11.3. The summed E-state index contributed by atoms with van der Waals surface area (Å²) in [5.74, 6) is 1.91. The van der Waals surface area contributed by atoms with Gasteiger partial charge in [0.1, 0.15) is 0 Å². The number of rotatable bonds is 5. The molecule has 0 unspecified atom stereocenters. The lowest BCUT2D eigenvalue weighted by Crippen LogP contribution is -2.47. The van der Waals surface area contributed by atoms with Crippen molar-refractivity contribution in [1.82, 2.24) is 20.2 Å². The topological polar surface area (TPSA) is 87.1 Å². The highest BCUT2D eigenvalue weighted by Crippen LogP contribution is 2.16. The van der Waals surface area contributed by atoms with Gasteiger partial charge in [-0.25, -0.2) is 9.97 Å². The zero-order valence-electron chi connectivity index (χ0n) is 16.3. The number of carbonyl (C=O) groups excluding carboxylic acids is 1. The van der Waals surface area contributed by atoms with E-state index in [4.69, 9.17) is 0 Å². The maximum atomic E-state index is 12.2. The monoisotopic (exact) mass is 389 g/mol. The minimum absolute atomic E-state index is 0.103. The summed E-state index contributed by atoms with van der Waals surface area (Å²) in [7, 11) is 0. The molecule has 1 saturated heterocycles. The first kappa shape index (κ1) is 18.8. The average molecular weight is 389 g/mol. The third-order valence-corrected chi connectivity index (χ3v) is 4.80. The van der Waals surface area contributed by atoms with Crippen LogP contribution in [-0.4, -0.2) is 52.3 Å². The van der Waals surface area contributed by atoms with Crippen molar-refractivity contribution in [2.45, 2.75) is 13.3 Å². The zero-order valence-corrected chi connectivity index (χ0v) is 16.3. The largest absolute Gasteiger partial charge is 0.352 e. The number of hydrogen-bond donors (Lipinski definition) is 1. The molecule has 2 aromatic heterocycles. The molecule has 3 aromatic rings. The van der Waals surface area contributed by atoms with Crippen LogP contribution in [-0.2, 0) is 11.2 Å². The van der Waals surface area contributed by atoms with Crippen molar-refractivity contribution in [3.8, 4) is 0 Å². The molecule has 29 heavy (non-hydrogen) atoms. The second kappa shape index (κ2) is 8.64. The molecule has 0 saturated carbocycles. The molecular formula is C21H23N7O. The number of aromatic nitrogens is 4. The van der Waals surface area contributed by atoms with E-state index in [-0.39, 0.29) is 5.91 Å². The van der Waals surface area contributed by atoms with E-state index in [0.29, 0.717) is 12.2 Å². The van der Waals surface area contributed by atoms with Crippen molar-refractivity contribution in [2.75, 3.05) is 41.3 Å². The molecule has 0 aliphatic carbocycles. The summed E-state index contributed by atoms with van der Waals surface area (Å²) in [4.78, 5) is 25.2. The Hall–Kier alpha value is -3.55. The van der Waals surface area contributed by atoms with Crippen LogP contribution in [0.2, 0.25) is 0 Å². The van der Waals surface area contributed by atoms with E-state index >= 15 is 0 Å². The van der Waals surface area contributed by atoms with Gasteiger partial charge in [0.05, 0.1) is 6.42 Å². The highest BCUT2D eigenvalue weighted by atomic mass is 16.1. The molecule has 148 valence electrons. The fourth-order valence-electron chi connectivity index (χ4n) is 3.35. The second-order valence-corrected chi connectivity index (χ2v) is 7.01. The second-order valence-electron chi connectivity index (χ2n) is 7.01. The Labute approximate surface area is 169 Å². The Morgan fingerprint density at radius 1 is 0.966 bits per heavy atom. The summed E-state index contributed by atoms with van der Waals surface area (Å²) < 4.78 is 0. The van der Waals surface area contributed by atoms with E-state index in [1.54, 1.807) is 18.5 Å². The van der Waals surface area contributed by atoms with Gasteiger partial charge in [0.15, 0.2) is 11.6 Å². The van der Waals surface area contributed by atoms with Crippen LogP contribution in [0.25, 0.3) is 0 Å². The van der Waals surface area contributed by atoms with Crippen LogP contribution >= 0.6 is 0 Å². The maximum Gasteiger partial charge on any atom is 0.229 e. The molecule has 1 aliphatic heterocycles. The van der Waals surface area contributed by atoms with E-state index in [1.165, 1.54) is 0 Å². The lowest BCUT2D eigenvalue weighted by Gasteiger charge is -2.35. The van der Waals surface area contributed by atoms with Crippen molar-refractivity contribution in [3.05, 3.63) is 66.0 Å². The van der Waals surface area contributed by atoms with Crippen molar-refractivity contribution >= 4 is 23.5 Å². The van der Waals surface area contributed by atoms with Crippen LogP contribution in [0.4, 0.5) is 17.6 Å². The number of amides is 1. The minimum Gasteiger partial charge on any atom is -0.352 e. The normalized spacial score (nSPS) is 14.0. The Balaban J connectivity index is 1.31. The Bertz CT molecular complexity index is 954. The van der Waals surface area contributed by atoms with Crippen molar-refractivity contribution in [3.63, 3.8) is 0 Å². The molecule has 0 radical (unpaired) electrons. The van der Waals surface area contributed by atoms with Crippen LogP contribution in [0.1, 0.15) is 11.1 Å². The van der Waals surface area contributed by atoms with Gasteiger partial charge in [0, 0.05) is 38.6 Å². The Kier molecular flexibility index (Phi) is 5.60. The summed E-state index contributed by atoms with van der Waals surface area (Å²) >= 11 is 0. The van der Waals surface area contributed by atoms with E-state index in [1.807, 2.05) is 43.3 Å². The molecule has 4 rings (SSSR count). The molecular weight excluding hydrogens is 366 g/mol. The lowest BCUT2D eigenvalue weighted by molar-refractivity contribution is -0.115. The quantitative estimate of drug-likeness (QED) is 0.715. The lowest BCUT2D eigenvalue weighted by atomic mass is 10.1. The third-order valence-electron chi connectivity index (χ3n) is 4.80. The van der Waals surface area contributed by atoms with Gasteiger partial charge >= 0.3 is 0 Å². The van der Waals surface area contributed by atoms with Crippen LogP contribution in [0.15, 0.2) is 54.9 Å². The highest BCUT2D eigenvalue weighted by Gasteiger charge is 2.20. The number of aryl methyl sites for hydroxylation is 1. The number of carbonyl (C=O) groups is 1. The molecule has 1 aromatic carbocycles. The summed E-state index contributed by atoms with van der Waals surface area (Å²) in [6.07, 6.45) is 3.83. The number of benzene rings is 1. The SMILES string of the molecule is Cc1cccc(CC(=O)Nc2ccc(N3CCN(c4ncccn4)CC3)nn2)c1. The number of hydrogen-bond acceptors (Lipinski definition) is 7. The summed E-state index contributed by atoms with van der Waals surface area (Å²) in [5.41, 5.74) is 2.12. The predicted molar refractivity (Wildman–Crippen MR) is 112 cm³/mol. The summed E-state index contributed by atoms with van der Waals surface area (Å²) in [6, 6.07) is 13.4. The molecule has 8 nitrogen and oxygen atoms in total. The Morgan fingerprint density at radius 3 is 2.41 bits per heavy atom. The number of nitrogens with zero attached hydrogens (tertiary/aromatic N) is 6. The third kappa shape index (κ3) is 4.84. The van der Waals surface area contributed by atoms with E-state index < -0.39 is 0 Å². The van der Waals surface area contributed by atoms with Crippen LogP contribution < -0.4 is 15.1 Å². The smallest absolute Gasteiger partial charge is 0.229 e. The first-order valence-corrected chi connectivity index (χ1v) is 9.63. The average Bonchev–Trinajstić information content (AvgIpc) is 2.75. The van der Waals surface area contributed by atoms with E-state index in [2.05, 4.69) is 35.3 Å². The van der Waals surface area contributed by atoms with E-state index in [9.17, 15) is 4.79 Å². The van der Waals surface area contributed by atoms with Crippen molar-refractivity contribution < 1.29 is 4.79 Å². The van der Waals surface area contributed by atoms with Gasteiger partial charge in [-0.15, -0.1) is 10.2 Å². The molecule has 1 fully saturated rings. The molecule has 1 amide bonds. The number of piperazine rings is 1. The van der Waals surface area contributed by atoms with Crippen LogP contribution in [0.3, 0.4) is 0 Å². The fraction of sp³-hybridized carbons (Fsp3) is 0.286. The molecule has 1 aliphatic rings. The van der Waals surface area contributed by atoms with E-state index in [0.717, 1.165) is 49.1 Å².